The van der Waals surface area contributed by atoms with Crippen LogP contribution in [-0.4, -0.2) is 11.9 Å². The highest BCUT2D eigenvalue weighted by atomic mass is 16.6. The second-order valence-corrected chi connectivity index (χ2v) is 5.28. The molecule has 1 rings (SSSR count). The minimum absolute atomic E-state index is 0.163. The van der Waals surface area contributed by atoms with E-state index in [0.717, 1.165) is 12.8 Å². The van der Waals surface area contributed by atoms with Gasteiger partial charge >= 0.3 is 11.9 Å². The number of rotatable bonds is 10. The van der Waals surface area contributed by atoms with Gasteiger partial charge in [-0.1, -0.05) is 64.4 Å². The largest absolute Gasteiger partial charge is 0.389 e. The number of allylic oxidation sites excluding steroid dienone is 1. The average molecular weight is 266 g/mol. The molecule has 0 amide bonds. The molecule has 0 radical (unpaired) electrons. The molecule has 0 aromatic carbocycles. The third-order valence-corrected chi connectivity index (χ3v) is 3.50. The Bertz CT molecular complexity index is 318. The summed E-state index contributed by atoms with van der Waals surface area (Å²) in [6.45, 7) is 2.24. The second kappa shape index (κ2) is 9.76. The third kappa shape index (κ3) is 7.14. The van der Waals surface area contributed by atoms with Crippen LogP contribution in [0.4, 0.5) is 0 Å². The molecule has 0 atom stereocenters. The Hall–Kier alpha value is -1.12. The lowest BCUT2D eigenvalue weighted by molar-refractivity contribution is -0.151. The summed E-state index contributed by atoms with van der Waals surface area (Å²) < 4.78 is 4.47. The molecule has 0 bridgehead atoms. The van der Waals surface area contributed by atoms with Crippen LogP contribution < -0.4 is 0 Å². The fraction of sp³-hybridized carbons (Fsp3) is 0.750. The van der Waals surface area contributed by atoms with E-state index < -0.39 is 11.9 Å². The van der Waals surface area contributed by atoms with Crippen LogP contribution in [0.15, 0.2) is 11.6 Å². The van der Waals surface area contributed by atoms with Gasteiger partial charge in [0.15, 0.2) is 0 Å². The van der Waals surface area contributed by atoms with Crippen LogP contribution in [0.5, 0.6) is 0 Å². The lowest BCUT2D eigenvalue weighted by Crippen LogP contribution is -1.96. The zero-order valence-corrected chi connectivity index (χ0v) is 12.1. The SMILES string of the molecule is CCCCCCCCCCCC=C1CC(=O)OC1=O. The summed E-state index contributed by atoms with van der Waals surface area (Å²) in [6, 6.07) is 0. The summed E-state index contributed by atoms with van der Waals surface area (Å²) in [7, 11) is 0. The molecule has 1 heterocycles. The molecule has 1 saturated heterocycles. The molecule has 1 aliphatic heterocycles. The van der Waals surface area contributed by atoms with Crippen LogP contribution in [0.2, 0.25) is 0 Å². The predicted octanol–water partition coefficient (Wildman–Crippen LogP) is 4.31. The first-order valence-electron chi connectivity index (χ1n) is 7.68. The lowest BCUT2D eigenvalue weighted by atomic mass is 10.1. The molecule has 0 unspecified atom stereocenters. The minimum atomic E-state index is -0.444. The molecule has 0 N–H and O–H groups in total. The molecule has 1 fully saturated rings. The van der Waals surface area contributed by atoms with Crippen LogP contribution in [0.3, 0.4) is 0 Å². The standard InChI is InChI=1S/C16H26O3/c1-2-3-4-5-6-7-8-9-10-11-12-14-13-15(17)19-16(14)18/h12H,2-11,13H2,1H3. The number of ether oxygens (including phenoxy) is 1. The summed E-state index contributed by atoms with van der Waals surface area (Å²) in [6.07, 6.45) is 14.6. The summed E-state index contributed by atoms with van der Waals surface area (Å²) in [4.78, 5) is 22.0. The minimum Gasteiger partial charge on any atom is -0.389 e. The van der Waals surface area contributed by atoms with Gasteiger partial charge in [-0.05, 0) is 12.8 Å². The summed E-state index contributed by atoms with van der Waals surface area (Å²) in [5, 5.41) is 0. The Morgan fingerprint density at radius 2 is 1.53 bits per heavy atom. The van der Waals surface area contributed by atoms with Gasteiger partial charge < -0.3 is 4.74 Å². The first-order chi connectivity index (χ1) is 9.24. The van der Waals surface area contributed by atoms with E-state index in [2.05, 4.69) is 11.7 Å². The van der Waals surface area contributed by atoms with Crippen molar-refractivity contribution in [2.45, 2.75) is 77.6 Å². The van der Waals surface area contributed by atoms with Gasteiger partial charge in [0.2, 0.25) is 0 Å². The van der Waals surface area contributed by atoms with Gasteiger partial charge in [0.1, 0.15) is 0 Å². The zero-order valence-electron chi connectivity index (χ0n) is 12.1. The molecule has 0 saturated carbocycles. The van der Waals surface area contributed by atoms with Crippen molar-refractivity contribution in [2.24, 2.45) is 0 Å². The van der Waals surface area contributed by atoms with Gasteiger partial charge in [0.25, 0.3) is 0 Å². The van der Waals surface area contributed by atoms with Gasteiger partial charge in [-0.25, -0.2) is 4.79 Å². The highest BCUT2D eigenvalue weighted by Gasteiger charge is 2.26. The molecule has 3 heteroatoms. The Kier molecular flexibility index (Phi) is 8.19. The fourth-order valence-corrected chi connectivity index (χ4v) is 2.32. The predicted molar refractivity (Wildman–Crippen MR) is 75.6 cm³/mol. The normalized spacial score (nSPS) is 17.2. The molecule has 0 aromatic rings. The van der Waals surface area contributed by atoms with E-state index in [1.54, 1.807) is 0 Å². The van der Waals surface area contributed by atoms with E-state index >= 15 is 0 Å². The maximum atomic E-state index is 11.2. The van der Waals surface area contributed by atoms with Crippen molar-refractivity contribution >= 4 is 11.9 Å². The highest BCUT2D eigenvalue weighted by Crippen LogP contribution is 2.17. The Morgan fingerprint density at radius 1 is 0.947 bits per heavy atom. The number of esters is 2. The lowest BCUT2D eigenvalue weighted by Gasteiger charge is -2.00. The van der Waals surface area contributed by atoms with E-state index in [1.807, 2.05) is 6.08 Å². The van der Waals surface area contributed by atoms with Gasteiger partial charge in [0.05, 0.1) is 6.42 Å². The van der Waals surface area contributed by atoms with Crippen molar-refractivity contribution in [3.63, 3.8) is 0 Å². The number of hydrogen-bond donors (Lipinski definition) is 0. The Balaban J connectivity index is 1.93. The summed E-state index contributed by atoms with van der Waals surface area (Å²) in [5.41, 5.74) is 0.546. The Morgan fingerprint density at radius 3 is 2.05 bits per heavy atom. The quantitative estimate of drug-likeness (QED) is 0.256. The monoisotopic (exact) mass is 266 g/mol. The van der Waals surface area contributed by atoms with E-state index in [9.17, 15) is 9.59 Å². The van der Waals surface area contributed by atoms with Gasteiger partial charge in [-0.3, -0.25) is 4.79 Å². The van der Waals surface area contributed by atoms with Crippen molar-refractivity contribution < 1.29 is 14.3 Å². The van der Waals surface area contributed by atoms with Gasteiger partial charge in [0, 0.05) is 5.57 Å². The molecule has 108 valence electrons. The second-order valence-electron chi connectivity index (χ2n) is 5.28. The van der Waals surface area contributed by atoms with Crippen molar-refractivity contribution in [2.75, 3.05) is 0 Å². The maximum absolute atomic E-state index is 11.2. The smallest absolute Gasteiger partial charge is 0.341 e. The summed E-state index contributed by atoms with van der Waals surface area (Å²) >= 11 is 0. The van der Waals surface area contributed by atoms with Crippen molar-refractivity contribution in [1.29, 1.82) is 0 Å². The number of hydrogen-bond acceptors (Lipinski definition) is 3. The van der Waals surface area contributed by atoms with Gasteiger partial charge in [-0.2, -0.15) is 0 Å². The first-order valence-corrected chi connectivity index (χ1v) is 7.68. The Labute approximate surface area is 116 Å². The third-order valence-electron chi connectivity index (χ3n) is 3.50. The topological polar surface area (TPSA) is 43.4 Å². The van der Waals surface area contributed by atoms with Crippen molar-refractivity contribution in [3.8, 4) is 0 Å². The number of carbonyl (C=O) groups is 2. The van der Waals surface area contributed by atoms with Crippen molar-refractivity contribution in [1.82, 2.24) is 0 Å². The van der Waals surface area contributed by atoms with Crippen LogP contribution >= 0.6 is 0 Å². The van der Waals surface area contributed by atoms with Crippen LogP contribution in [0, 0.1) is 0 Å². The van der Waals surface area contributed by atoms with E-state index in [-0.39, 0.29) is 6.42 Å². The van der Waals surface area contributed by atoms with E-state index in [4.69, 9.17) is 0 Å². The van der Waals surface area contributed by atoms with Crippen LogP contribution in [0.1, 0.15) is 77.6 Å². The number of carbonyl (C=O) groups excluding carboxylic acids is 2. The zero-order chi connectivity index (χ0) is 13.9. The molecule has 0 aromatic heterocycles. The molecule has 19 heavy (non-hydrogen) atoms. The maximum Gasteiger partial charge on any atom is 0.341 e. The van der Waals surface area contributed by atoms with E-state index in [0.29, 0.717) is 5.57 Å². The van der Waals surface area contributed by atoms with Crippen LogP contribution in [-0.2, 0) is 14.3 Å². The number of unbranched alkanes of at least 4 members (excludes halogenated alkanes) is 9. The molecule has 0 aliphatic carbocycles. The molecular weight excluding hydrogens is 240 g/mol. The van der Waals surface area contributed by atoms with Gasteiger partial charge in [-0.15, -0.1) is 0 Å². The number of cyclic esters (lactones) is 2. The molecule has 0 spiro atoms. The summed E-state index contributed by atoms with van der Waals surface area (Å²) in [5.74, 6) is -0.857. The van der Waals surface area contributed by atoms with Crippen LogP contribution in [0.25, 0.3) is 0 Å². The molecular formula is C16H26O3. The highest BCUT2D eigenvalue weighted by molar-refractivity contribution is 6.05. The first kappa shape index (κ1) is 15.9. The van der Waals surface area contributed by atoms with E-state index in [1.165, 1.54) is 51.4 Å². The fourth-order valence-electron chi connectivity index (χ4n) is 2.32. The van der Waals surface area contributed by atoms with Crippen molar-refractivity contribution in [3.05, 3.63) is 11.6 Å². The molecule has 1 aliphatic rings. The average Bonchev–Trinajstić information content (AvgIpc) is 2.70. The molecule has 3 nitrogen and oxygen atoms in total.